The molecule has 0 atom stereocenters. The summed E-state index contributed by atoms with van der Waals surface area (Å²) in [5.41, 5.74) is 3.69. The van der Waals surface area contributed by atoms with Crippen LogP contribution in [0.3, 0.4) is 0 Å². The van der Waals surface area contributed by atoms with Crippen LogP contribution in [-0.4, -0.2) is 22.2 Å². The fraction of sp³-hybridized carbons (Fsp3) is 0.286. The molecule has 1 N–H and O–H groups in total. The van der Waals surface area contributed by atoms with Crippen LogP contribution in [0.15, 0.2) is 24.3 Å². The zero-order valence-electron chi connectivity index (χ0n) is 11.4. The Kier molecular flexibility index (Phi) is 3.14. The Morgan fingerprint density at radius 3 is 2.85 bits per heavy atom. The van der Waals surface area contributed by atoms with E-state index in [9.17, 15) is 4.79 Å². The number of halogens is 1. The minimum atomic E-state index is -0.0126. The van der Waals surface area contributed by atoms with Crippen LogP contribution in [0.5, 0.6) is 0 Å². The van der Waals surface area contributed by atoms with Gasteiger partial charge >= 0.3 is 0 Å². The van der Waals surface area contributed by atoms with Crippen molar-refractivity contribution in [3.8, 4) is 0 Å². The fourth-order valence-electron chi connectivity index (χ4n) is 2.49. The van der Waals surface area contributed by atoms with Crippen LogP contribution in [0.25, 0.3) is 0 Å². The predicted octanol–water partition coefficient (Wildman–Crippen LogP) is 2.34. The van der Waals surface area contributed by atoms with Gasteiger partial charge in [-0.2, -0.15) is 5.10 Å². The van der Waals surface area contributed by atoms with Crippen LogP contribution < -0.4 is 10.2 Å². The molecule has 2 aromatic rings. The van der Waals surface area contributed by atoms with Crippen LogP contribution in [0.2, 0.25) is 5.15 Å². The average Bonchev–Trinajstić information content (AvgIpc) is 2.65. The van der Waals surface area contributed by atoms with Gasteiger partial charge in [-0.05, 0) is 19.1 Å². The van der Waals surface area contributed by atoms with Crippen LogP contribution in [-0.2, 0) is 18.4 Å². The fourth-order valence-corrected chi connectivity index (χ4v) is 2.72. The number of fused-ring (bicyclic) bond motifs is 1. The zero-order chi connectivity index (χ0) is 14.3. The highest BCUT2D eigenvalue weighted by Gasteiger charge is 2.23. The highest BCUT2D eigenvalue weighted by atomic mass is 35.5. The minimum absolute atomic E-state index is 0.0126. The molecule has 1 aromatic heterocycles. The van der Waals surface area contributed by atoms with Crippen LogP contribution in [0, 0.1) is 6.92 Å². The van der Waals surface area contributed by atoms with Gasteiger partial charge in [0.2, 0.25) is 5.91 Å². The number of aryl methyl sites for hydroxylation is 2. The van der Waals surface area contributed by atoms with E-state index in [-0.39, 0.29) is 5.91 Å². The number of aromatic nitrogens is 2. The van der Waals surface area contributed by atoms with E-state index in [0.717, 1.165) is 22.6 Å². The van der Waals surface area contributed by atoms with Gasteiger partial charge in [0.05, 0.1) is 23.6 Å². The number of nitrogens with one attached hydrogen (secondary N) is 1. The molecule has 6 heteroatoms. The first kappa shape index (κ1) is 13.0. The van der Waals surface area contributed by atoms with Gasteiger partial charge in [-0.25, -0.2) is 0 Å². The molecule has 1 amide bonds. The molecular formula is C14H15ClN4O. The van der Waals surface area contributed by atoms with E-state index in [4.69, 9.17) is 11.6 Å². The summed E-state index contributed by atoms with van der Waals surface area (Å²) in [6, 6.07) is 7.76. The third-order valence-corrected chi connectivity index (χ3v) is 3.94. The van der Waals surface area contributed by atoms with Crippen molar-refractivity contribution < 1.29 is 4.79 Å². The Morgan fingerprint density at radius 1 is 1.40 bits per heavy atom. The topological polar surface area (TPSA) is 50.2 Å². The van der Waals surface area contributed by atoms with Gasteiger partial charge in [0, 0.05) is 19.2 Å². The van der Waals surface area contributed by atoms with Crippen LogP contribution in [0.1, 0.15) is 11.3 Å². The van der Waals surface area contributed by atoms with Crippen molar-refractivity contribution in [2.75, 3.05) is 16.8 Å². The third-order valence-electron chi connectivity index (χ3n) is 3.47. The third kappa shape index (κ3) is 2.14. The Balaban J connectivity index is 1.97. The number of nitrogens with zero attached hydrogens (tertiary/aromatic N) is 3. The number of hydrogen-bond donors (Lipinski definition) is 1. The Morgan fingerprint density at radius 2 is 2.15 bits per heavy atom. The highest BCUT2D eigenvalue weighted by molar-refractivity contribution is 6.30. The molecule has 0 aliphatic carbocycles. The first-order valence-electron chi connectivity index (χ1n) is 6.38. The number of carbonyl (C=O) groups excluding carboxylic acids is 1. The molecule has 104 valence electrons. The molecule has 2 heterocycles. The highest BCUT2D eigenvalue weighted by Crippen LogP contribution is 2.31. The second-order valence-corrected chi connectivity index (χ2v) is 5.26. The van der Waals surface area contributed by atoms with Gasteiger partial charge in [-0.3, -0.25) is 9.48 Å². The van der Waals surface area contributed by atoms with E-state index in [1.54, 1.807) is 4.68 Å². The summed E-state index contributed by atoms with van der Waals surface area (Å²) in [5, 5.41) is 7.80. The maximum atomic E-state index is 11.8. The van der Waals surface area contributed by atoms with Gasteiger partial charge in [0.1, 0.15) is 5.15 Å². The Labute approximate surface area is 122 Å². The quantitative estimate of drug-likeness (QED) is 0.923. The maximum absolute atomic E-state index is 11.8. The molecule has 5 nitrogen and oxygen atoms in total. The number of carbonyl (C=O) groups is 1. The second-order valence-electron chi connectivity index (χ2n) is 4.90. The van der Waals surface area contributed by atoms with E-state index in [1.165, 1.54) is 0 Å². The second kappa shape index (κ2) is 4.83. The molecule has 0 bridgehead atoms. The lowest BCUT2D eigenvalue weighted by molar-refractivity contribution is -0.115. The van der Waals surface area contributed by atoms with E-state index >= 15 is 0 Å². The summed E-state index contributed by atoms with van der Waals surface area (Å²) < 4.78 is 1.65. The lowest BCUT2D eigenvalue weighted by Gasteiger charge is -2.30. The van der Waals surface area contributed by atoms with Gasteiger partial charge in [-0.1, -0.05) is 23.7 Å². The molecule has 1 aromatic carbocycles. The Bertz CT molecular complexity index is 680. The standard InChI is InChI=1S/C14H15ClN4O/c1-9-10(14(15)18(2)17-9)7-19-8-13(20)16-11-5-3-4-6-12(11)19/h3-6H,7-8H2,1-2H3,(H,16,20). The first-order chi connectivity index (χ1) is 9.56. The Hall–Kier alpha value is -2.01. The molecule has 1 aliphatic heterocycles. The van der Waals surface area contributed by atoms with Gasteiger partial charge in [0.15, 0.2) is 0 Å². The SMILES string of the molecule is Cc1nn(C)c(Cl)c1CN1CC(=O)Nc2ccccc21. The van der Waals surface area contributed by atoms with Crippen molar-refractivity contribution in [2.45, 2.75) is 13.5 Å². The molecule has 0 fully saturated rings. The van der Waals surface area contributed by atoms with Crippen molar-refractivity contribution in [3.05, 3.63) is 40.7 Å². The molecule has 0 spiro atoms. The van der Waals surface area contributed by atoms with Gasteiger partial charge in [-0.15, -0.1) is 0 Å². The molecular weight excluding hydrogens is 276 g/mol. The number of benzene rings is 1. The smallest absolute Gasteiger partial charge is 0.243 e. The summed E-state index contributed by atoms with van der Waals surface area (Å²) >= 11 is 6.27. The number of rotatable bonds is 2. The number of para-hydroxylation sites is 2. The van der Waals surface area contributed by atoms with Crippen molar-refractivity contribution in [2.24, 2.45) is 7.05 Å². The van der Waals surface area contributed by atoms with Crippen molar-refractivity contribution in [1.82, 2.24) is 9.78 Å². The van der Waals surface area contributed by atoms with Crippen LogP contribution in [0.4, 0.5) is 11.4 Å². The monoisotopic (exact) mass is 290 g/mol. The number of amides is 1. The van der Waals surface area contributed by atoms with Crippen molar-refractivity contribution in [1.29, 1.82) is 0 Å². The van der Waals surface area contributed by atoms with E-state index < -0.39 is 0 Å². The molecule has 20 heavy (non-hydrogen) atoms. The molecule has 1 aliphatic rings. The number of anilines is 2. The summed E-state index contributed by atoms with van der Waals surface area (Å²) in [7, 11) is 1.82. The minimum Gasteiger partial charge on any atom is -0.356 e. The lowest BCUT2D eigenvalue weighted by Crippen LogP contribution is -2.37. The van der Waals surface area contributed by atoms with Gasteiger partial charge < -0.3 is 10.2 Å². The molecule has 3 rings (SSSR count). The van der Waals surface area contributed by atoms with E-state index in [1.807, 2.05) is 43.1 Å². The van der Waals surface area contributed by atoms with E-state index in [2.05, 4.69) is 10.4 Å². The molecule has 0 radical (unpaired) electrons. The number of hydrogen-bond acceptors (Lipinski definition) is 3. The molecule has 0 unspecified atom stereocenters. The summed E-state index contributed by atoms with van der Waals surface area (Å²) in [6.45, 7) is 2.82. The normalized spacial score (nSPS) is 14.2. The lowest BCUT2D eigenvalue weighted by atomic mass is 10.1. The molecule has 0 saturated heterocycles. The maximum Gasteiger partial charge on any atom is 0.243 e. The summed E-state index contributed by atoms with van der Waals surface area (Å²) in [6.07, 6.45) is 0. The predicted molar refractivity (Wildman–Crippen MR) is 79.1 cm³/mol. The average molecular weight is 291 g/mol. The van der Waals surface area contributed by atoms with Gasteiger partial charge in [0.25, 0.3) is 0 Å². The first-order valence-corrected chi connectivity index (χ1v) is 6.76. The molecule has 0 saturated carbocycles. The van der Waals surface area contributed by atoms with E-state index in [0.29, 0.717) is 18.2 Å². The summed E-state index contributed by atoms with van der Waals surface area (Å²) in [5.74, 6) is -0.0126. The summed E-state index contributed by atoms with van der Waals surface area (Å²) in [4.78, 5) is 13.8. The zero-order valence-corrected chi connectivity index (χ0v) is 12.1. The largest absolute Gasteiger partial charge is 0.356 e. The van der Waals surface area contributed by atoms with Crippen LogP contribution >= 0.6 is 11.6 Å². The van der Waals surface area contributed by atoms with Crippen molar-refractivity contribution in [3.63, 3.8) is 0 Å². The van der Waals surface area contributed by atoms with Crippen molar-refractivity contribution >= 4 is 28.9 Å².